The molecule has 1 aromatic heterocycles. The number of H-pyrrole nitrogens is 1. The van der Waals surface area contributed by atoms with E-state index in [2.05, 4.69) is 34.6 Å². The number of benzene rings is 3. The Morgan fingerprint density at radius 1 is 1.08 bits per heavy atom. The molecule has 1 amide bonds. The van der Waals surface area contributed by atoms with E-state index in [9.17, 15) is 4.79 Å². The molecule has 5 heteroatoms. The number of nitrogens with one attached hydrogen (secondary N) is 2. The number of nitrogens with zero attached hydrogens (tertiary/aromatic N) is 1. The van der Waals surface area contributed by atoms with Gasteiger partial charge in [-0.2, -0.15) is 5.10 Å². The summed E-state index contributed by atoms with van der Waals surface area (Å²) < 4.78 is 0. The van der Waals surface area contributed by atoms with Crippen molar-refractivity contribution in [3.8, 4) is 11.1 Å². The molecular weight excluding hydrogens is 346 g/mol. The molecule has 2 N–H and O–H groups in total. The standard InChI is InChI=1S/C21H16ClN3O/c1-13-10-15-12-23-25-20(15)11-18(13)14-6-8-16(9-7-14)24-21(26)17-4-2-3-5-19(17)22/h2-12H,1H3,(H,23,25)(H,24,26). The first-order chi connectivity index (χ1) is 12.6. The van der Waals surface area contributed by atoms with Crippen LogP contribution in [0.1, 0.15) is 15.9 Å². The van der Waals surface area contributed by atoms with E-state index in [0.717, 1.165) is 27.7 Å². The summed E-state index contributed by atoms with van der Waals surface area (Å²) in [4.78, 5) is 12.4. The largest absolute Gasteiger partial charge is 0.322 e. The van der Waals surface area contributed by atoms with Gasteiger partial charge < -0.3 is 5.32 Å². The van der Waals surface area contributed by atoms with Crippen LogP contribution in [0.25, 0.3) is 22.0 Å². The summed E-state index contributed by atoms with van der Waals surface area (Å²) in [5.41, 5.74) is 5.56. The van der Waals surface area contributed by atoms with Crippen molar-refractivity contribution in [2.75, 3.05) is 5.32 Å². The first kappa shape index (κ1) is 16.4. The SMILES string of the molecule is Cc1cc2cn[nH]c2cc1-c1ccc(NC(=O)c2ccccc2Cl)cc1. The Balaban J connectivity index is 1.59. The van der Waals surface area contributed by atoms with Gasteiger partial charge in [-0.25, -0.2) is 0 Å². The van der Waals surface area contributed by atoms with Gasteiger partial charge in [0.15, 0.2) is 0 Å². The lowest BCUT2D eigenvalue weighted by Crippen LogP contribution is -2.12. The van der Waals surface area contributed by atoms with E-state index in [1.165, 1.54) is 5.56 Å². The topological polar surface area (TPSA) is 57.8 Å². The number of fused-ring (bicyclic) bond motifs is 1. The number of aromatic amines is 1. The number of halogens is 1. The lowest BCUT2D eigenvalue weighted by atomic mass is 9.99. The molecular formula is C21H16ClN3O. The summed E-state index contributed by atoms with van der Waals surface area (Å²) in [7, 11) is 0. The zero-order chi connectivity index (χ0) is 18.1. The van der Waals surface area contributed by atoms with Crippen molar-refractivity contribution in [1.29, 1.82) is 0 Å². The second-order valence-electron chi connectivity index (χ2n) is 6.14. The molecule has 0 saturated heterocycles. The second kappa shape index (κ2) is 6.65. The van der Waals surface area contributed by atoms with Gasteiger partial charge >= 0.3 is 0 Å². The van der Waals surface area contributed by atoms with Crippen LogP contribution in [0.5, 0.6) is 0 Å². The monoisotopic (exact) mass is 361 g/mol. The molecule has 0 atom stereocenters. The summed E-state index contributed by atoms with van der Waals surface area (Å²) in [5.74, 6) is -0.224. The minimum atomic E-state index is -0.224. The number of aryl methyl sites for hydroxylation is 1. The van der Waals surface area contributed by atoms with Crippen molar-refractivity contribution in [3.63, 3.8) is 0 Å². The van der Waals surface area contributed by atoms with E-state index in [-0.39, 0.29) is 5.91 Å². The zero-order valence-corrected chi connectivity index (χ0v) is 14.8. The number of hydrogen-bond acceptors (Lipinski definition) is 2. The Morgan fingerprint density at radius 3 is 2.62 bits per heavy atom. The average Bonchev–Trinajstić information content (AvgIpc) is 3.09. The molecule has 4 aromatic rings. The van der Waals surface area contributed by atoms with Gasteiger partial charge in [-0.1, -0.05) is 35.9 Å². The predicted octanol–water partition coefficient (Wildman–Crippen LogP) is 5.44. The summed E-state index contributed by atoms with van der Waals surface area (Å²) in [5, 5.41) is 11.5. The van der Waals surface area contributed by atoms with Crippen molar-refractivity contribution < 1.29 is 4.79 Å². The fourth-order valence-corrected chi connectivity index (χ4v) is 3.21. The molecule has 0 saturated carbocycles. The highest BCUT2D eigenvalue weighted by Gasteiger charge is 2.10. The minimum Gasteiger partial charge on any atom is -0.322 e. The molecule has 0 radical (unpaired) electrons. The van der Waals surface area contributed by atoms with Crippen LogP contribution in [0, 0.1) is 6.92 Å². The summed E-state index contributed by atoms with van der Waals surface area (Å²) >= 11 is 6.08. The first-order valence-corrected chi connectivity index (χ1v) is 8.59. The van der Waals surface area contributed by atoms with Gasteiger partial charge in [-0.3, -0.25) is 9.89 Å². The fourth-order valence-electron chi connectivity index (χ4n) is 2.99. The Bertz CT molecular complexity index is 1100. The highest BCUT2D eigenvalue weighted by molar-refractivity contribution is 6.34. The van der Waals surface area contributed by atoms with Crippen molar-refractivity contribution in [1.82, 2.24) is 10.2 Å². The van der Waals surface area contributed by atoms with Crippen molar-refractivity contribution in [2.24, 2.45) is 0 Å². The number of carbonyl (C=O) groups excluding carboxylic acids is 1. The molecule has 0 fully saturated rings. The Kier molecular flexibility index (Phi) is 4.19. The molecule has 26 heavy (non-hydrogen) atoms. The summed E-state index contributed by atoms with van der Waals surface area (Å²) in [6, 6.07) is 19.0. The third-order valence-corrected chi connectivity index (χ3v) is 4.69. The summed E-state index contributed by atoms with van der Waals surface area (Å²) in [6.07, 6.45) is 1.82. The average molecular weight is 362 g/mol. The fraction of sp³-hybridized carbons (Fsp3) is 0.0476. The van der Waals surface area contributed by atoms with Gasteiger partial charge in [-0.05, 0) is 60.0 Å². The molecule has 4 rings (SSSR count). The van der Waals surface area contributed by atoms with Crippen LogP contribution in [-0.4, -0.2) is 16.1 Å². The molecule has 128 valence electrons. The van der Waals surface area contributed by atoms with Crippen LogP contribution < -0.4 is 5.32 Å². The van der Waals surface area contributed by atoms with Crippen LogP contribution in [-0.2, 0) is 0 Å². The number of amides is 1. The smallest absolute Gasteiger partial charge is 0.257 e. The quantitative estimate of drug-likeness (QED) is 0.510. The maximum absolute atomic E-state index is 12.4. The van der Waals surface area contributed by atoms with Gasteiger partial charge in [0, 0.05) is 11.1 Å². The van der Waals surface area contributed by atoms with E-state index in [0.29, 0.717) is 10.6 Å². The Hall–Kier alpha value is -3.11. The number of anilines is 1. The number of hydrogen-bond donors (Lipinski definition) is 2. The number of carbonyl (C=O) groups is 1. The molecule has 0 aliphatic rings. The highest BCUT2D eigenvalue weighted by atomic mass is 35.5. The van der Waals surface area contributed by atoms with Crippen molar-refractivity contribution >= 4 is 34.1 Å². The third-order valence-electron chi connectivity index (χ3n) is 4.36. The van der Waals surface area contributed by atoms with Crippen LogP contribution in [0.2, 0.25) is 5.02 Å². The predicted molar refractivity (Wildman–Crippen MR) is 106 cm³/mol. The van der Waals surface area contributed by atoms with E-state index >= 15 is 0 Å². The number of aromatic nitrogens is 2. The van der Waals surface area contributed by atoms with Gasteiger partial charge in [0.25, 0.3) is 5.91 Å². The van der Waals surface area contributed by atoms with Crippen molar-refractivity contribution in [3.05, 3.63) is 83.0 Å². The lowest BCUT2D eigenvalue weighted by molar-refractivity contribution is 0.102. The molecule has 0 spiro atoms. The second-order valence-corrected chi connectivity index (χ2v) is 6.54. The van der Waals surface area contributed by atoms with Crippen LogP contribution in [0.4, 0.5) is 5.69 Å². The molecule has 1 heterocycles. The van der Waals surface area contributed by atoms with Crippen LogP contribution in [0.15, 0.2) is 66.9 Å². The van der Waals surface area contributed by atoms with Gasteiger partial charge in [0.05, 0.1) is 22.3 Å². The molecule has 0 aliphatic carbocycles. The highest BCUT2D eigenvalue weighted by Crippen LogP contribution is 2.28. The van der Waals surface area contributed by atoms with Crippen LogP contribution >= 0.6 is 11.6 Å². The van der Waals surface area contributed by atoms with Gasteiger partial charge in [0.2, 0.25) is 0 Å². The first-order valence-electron chi connectivity index (χ1n) is 8.22. The normalized spacial score (nSPS) is 10.8. The van der Waals surface area contributed by atoms with E-state index in [1.807, 2.05) is 30.5 Å². The third kappa shape index (κ3) is 3.07. The van der Waals surface area contributed by atoms with E-state index < -0.39 is 0 Å². The van der Waals surface area contributed by atoms with Gasteiger partial charge in [-0.15, -0.1) is 0 Å². The molecule has 0 bridgehead atoms. The lowest BCUT2D eigenvalue weighted by Gasteiger charge is -2.10. The molecule has 4 nitrogen and oxygen atoms in total. The van der Waals surface area contributed by atoms with Gasteiger partial charge in [0.1, 0.15) is 0 Å². The molecule has 0 aliphatic heterocycles. The van der Waals surface area contributed by atoms with Crippen LogP contribution in [0.3, 0.4) is 0 Å². The number of rotatable bonds is 3. The van der Waals surface area contributed by atoms with Crippen molar-refractivity contribution in [2.45, 2.75) is 6.92 Å². The maximum atomic E-state index is 12.4. The Labute approximate surface area is 155 Å². The minimum absolute atomic E-state index is 0.224. The van der Waals surface area contributed by atoms with E-state index in [1.54, 1.807) is 24.3 Å². The molecule has 3 aromatic carbocycles. The zero-order valence-electron chi connectivity index (χ0n) is 14.1. The summed E-state index contributed by atoms with van der Waals surface area (Å²) in [6.45, 7) is 2.08. The van der Waals surface area contributed by atoms with E-state index in [4.69, 9.17) is 11.6 Å². The molecule has 0 unspecified atom stereocenters. The maximum Gasteiger partial charge on any atom is 0.257 e. The Morgan fingerprint density at radius 2 is 1.85 bits per heavy atom.